The first kappa shape index (κ1) is 21.3. The summed E-state index contributed by atoms with van der Waals surface area (Å²) in [4.78, 5) is 43.2. The number of H-pyrrole nitrogens is 1. The normalized spacial score (nSPS) is 10.7. The molecule has 0 saturated heterocycles. The van der Waals surface area contributed by atoms with Crippen LogP contribution < -0.4 is 10.9 Å². The van der Waals surface area contributed by atoms with Crippen LogP contribution in [0.2, 0.25) is 5.02 Å². The number of nitrogens with zero attached hydrogens (tertiary/aromatic N) is 1. The van der Waals surface area contributed by atoms with Gasteiger partial charge in [-0.05, 0) is 41.5 Å². The van der Waals surface area contributed by atoms with Gasteiger partial charge in [-0.2, -0.15) is 0 Å². The smallest absolute Gasteiger partial charge is 0.325 e. The van der Waals surface area contributed by atoms with Gasteiger partial charge in [0.2, 0.25) is 0 Å². The van der Waals surface area contributed by atoms with Gasteiger partial charge < -0.3 is 15.0 Å². The van der Waals surface area contributed by atoms with Crippen molar-refractivity contribution < 1.29 is 14.3 Å². The molecule has 1 heterocycles. The van der Waals surface area contributed by atoms with Crippen LogP contribution in [-0.4, -0.2) is 28.4 Å². The number of rotatable bonds is 6. The Hall–Kier alpha value is -3.97. The van der Waals surface area contributed by atoms with E-state index in [2.05, 4.69) is 15.3 Å². The van der Waals surface area contributed by atoms with E-state index in [1.807, 2.05) is 42.5 Å². The minimum Gasteiger partial charge on any atom is -0.456 e. The fourth-order valence-corrected chi connectivity index (χ4v) is 3.29. The van der Waals surface area contributed by atoms with E-state index in [4.69, 9.17) is 16.3 Å². The number of hydrogen-bond acceptors (Lipinski definition) is 5. The summed E-state index contributed by atoms with van der Waals surface area (Å²) in [7, 11) is 0. The highest BCUT2D eigenvalue weighted by atomic mass is 35.5. The average Bonchev–Trinajstić information content (AvgIpc) is 2.81. The van der Waals surface area contributed by atoms with E-state index in [-0.39, 0.29) is 24.5 Å². The molecule has 0 radical (unpaired) electrons. The Morgan fingerprint density at radius 3 is 2.44 bits per heavy atom. The van der Waals surface area contributed by atoms with Gasteiger partial charge in [-0.15, -0.1) is 0 Å². The van der Waals surface area contributed by atoms with Crippen molar-refractivity contribution in [2.75, 3.05) is 6.54 Å². The average molecular weight is 448 g/mol. The van der Waals surface area contributed by atoms with Crippen LogP contribution in [-0.2, 0) is 16.1 Å². The van der Waals surface area contributed by atoms with Crippen LogP contribution in [0.1, 0.15) is 16.2 Å². The molecule has 1 aromatic heterocycles. The Bertz CT molecular complexity index is 1340. The largest absolute Gasteiger partial charge is 0.456 e. The number of carbonyl (C=O) groups excluding carboxylic acids is 2. The third-order valence-electron chi connectivity index (χ3n) is 4.74. The van der Waals surface area contributed by atoms with E-state index in [1.54, 1.807) is 30.3 Å². The molecule has 7 nitrogen and oxygen atoms in total. The first-order chi connectivity index (χ1) is 15.5. The second-order valence-corrected chi connectivity index (χ2v) is 7.40. The van der Waals surface area contributed by atoms with Gasteiger partial charge in [0.25, 0.3) is 11.5 Å². The molecule has 0 aliphatic rings. The van der Waals surface area contributed by atoms with Crippen molar-refractivity contribution in [3.05, 3.63) is 99.6 Å². The summed E-state index contributed by atoms with van der Waals surface area (Å²) in [5.41, 5.74) is 2.50. The molecule has 0 saturated carbocycles. The van der Waals surface area contributed by atoms with Gasteiger partial charge in [0, 0.05) is 10.6 Å². The number of aromatic nitrogens is 2. The third kappa shape index (κ3) is 5.01. The zero-order valence-corrected chi connectivity index (χ0v) is 17.6. The van der Waals surface area contributed by atoms with Crippen LogP contribution in [0.15, 0.2) is 77.6 Å². The van der Waals surface area contributed by atoms with E-state index in [1.165, 1.54) is 0 Å². The van der Waals surface area contributed by atoms with Crippen LogP contribution in [0, 0.1) is 0 Å². The minimum absolute atomic E-state index is 0.181. The van der Waals surface area contributed by atoms with Crippen LogP contribution in [0.4, 0.5) is 0 Å². The lowest BCUT2D eigenvalue weighted by Gasteiger charge is -2.08. The number of halogens is 1. The lowest BCUT2D eigenvalue weighted by atomic mass is 10.0. The van der Waals surface area contributed by atoms with E-state index in [9.17, 15) is 14.4 Å². The lowest BCUT2D eigenvalue weighted by molar-refractivity contribution is -0.143. The van der Waals surface area contributed by atoms with Gasteiger partial charge in [-0.3, -0.25) is 14.4 Å². The Balaban J connectivity index is 1.31. The molecule has 1 amide bonds. The fraction of sp³-hybridized carbons (Fsp3) is 0.0833. The second kappa shape index (κ2) is 9.45. The minimum atomic E-state index is -0.659. The number of amides is 1. The number of benzene rings is 3. The van der Waals surface area contributed by atoms with Crippen molar-refractivity contribution >= 4 is 34.4 Å². The maximum Gasteiger partial charge on any atom is 0.325 e. The Morgan fingerprint density at radius 1 is 0.969 bits per heavy atom. The van der Waals surface area contributed by atoms with Gasteiger partial charge in [-0.1, -0.05) is 54.1 Å². The number of ether oxygens (including phenoxy) is 1. The van der Waals surface area contributed by atoms with E-state index >= 15 is 0 Å². The molecule has 0 aliphatic heterocycles. The second-order valence-electron chi connectivity index (χ2n) is 6.96. The van der Waals surface area contributed by atoms with Crippen molar-refractivity contribution in [3.63, 3.8) is 0 Å². The molecule has 32 heavy (non-hydrogen) atoms. The zero-order valence-electron chi connectivity index (χ0n) is 16.8. The molecule has 4 rings (SSSR count). The highest BCUT2D eigenvalue weighted by Gasteiger charge is 2.11. The number of carbonyl (C=O) groups is 2. The van der Waals surface area contributed by atoms with Crippen LogP contribution in [0.3, 0.4) is 0 Å². The molecule has 3 aromatic carbocycles. The van der Waals surface area contributed by atoms with Gasteiger partial charge in [-0.25, -0.2) is 4.98 Å². The van der Waals surface area contributed by atoms with Gasteiger partial charge in [0.15, 0.2) is 0 Å². The zero-order chi connectivity index (χ0) is 22.5. The summed E-state index contributed by atoms with van der Waals surface area (Å²) in [6.07, 6.45) is 0. The van der Waals surface area contributed by atoms with E-state index in [0.717, 1.165) is 11.1 Å². The van der Waals surface area contributed by atoms with Crippen molar-refractivity contribution in [2.45, 2.75) is 6.61 Å². The summed E-state index contributed by atoms with van der Waals surface area (Å²) in [6, 6.07) is 21.6. The first-order valence-corrected chi connectivity index (χ1v) is 10.2. The number of esters is 1. The predicted molar refractivity (Wildman–Crippen MR) is 121 cm³/mol. The Kier molecular flexibility index (Phi) is 6.28. The topological polar surface area (TPSA) is 101 Å². The van der Waals surface area contributed by atoms with Gasteiger partial charge in [0.05, 0.1) is 10.9 Å². The summed E-state index contributed by atoms with van der Waals surface area (Å²) in [5.74, 6) is -0.873. The Labute approximate surface area is 188 Å². The summed E-state index contributed by atoms with van der Waals surface area (Å²) < 4.78 is 5.11. The van der Waals surface area contributed by atoms with Crippen molar-refractivity contribution in [3.8, 4) is 11.1 Å². The van der Waals surface area contributed by atoms with Gasteiger partial charge in [0.1, 0.15) is 19.0 Å². The molecule has 160 valence electrons. The molecule has 0 aliphatic carbocycles. The molecule has 0 bridgehead atoms. The summed E-state index contributed by atoms with van der Waals surface area (Å²) in [6.45, 7) is -0.554. The first-order valence-electron chi connectivity index (χ1n) is 9.77. The maximum atomic E-state index is 12.3. The molecule has 0 fully saturated rings. The molecular formula is C24H18ClN3O4. The van der Waals surface area contributed by atoms with Crippen molar-refractivity contribution in [2.24, 2.45) is 0 Å². The van der Waals surface area contributed by atoms with Crippen LogP contribution >= 0.6 is 11.6 Å². The number of fused-ring (bicyclic) bond motifs is 1. The molecule has 0 unspecified atom stereocenters. The molecule has 4 aromatic rings. The maximum absolute atomic E-state index is 12.3. The quantitative estimate of drug-likeness (QED) is 0.439. The van der Waals surface area contributed by atoms with Crippen LogP contribution in [0.5, 0.6) is 0 Å². The standard InChI is InChI=1S/C24H18ClN3O4/c25-18-10-11-19-20(12-18)27-21(28-24(19)31)14-32-22(29)13-26-23(30)17-8-6-16(7-9-17)15-4-2-1-3-5-15/h1-12H,13-14H2,(H,26,30)(H,27,28,31). The van der Waals surface area contributed by atoms with Gasteiger partial charge >= 0.3 is 5.97 Å². The van der Waals surface area contributed by atoms with E-state index in [0.29, 0.717) is 21.5 Å². The highest BCUT2D eigenvalue weighted by Crippen LogP contribution is 2.19. The molecular weight excluding hydrogens is 430 g/mol. The number of aromatic amines is 1. The molecule has 8 heteroatoms. The molecule has 2 N–H and O–H groups in total. The highest BCUT2D eigenvalue weighted by molar-refractivity contribution is 6.31. The summed E-state index contributed by atoms with van der Waals surface area (Å²) in [5, 5.41) is 3.35. The molecule has 0 spiro atoms. The summed E-state index contributed by atoms with van der Waals surface area (Å²) >= 11 is 5.93. The molecule has 0 atom stereocenters. The fourth-order valence-electron chi connectivity index (χ4n) is 3.13. The van der Waals surface area contributed by atoms with E-state index < -0.39 is 11.9 Å². The Morgan fingerprint density at radius 2 is 1.69 bits per heavy atom. The monoisotopic (exact) mass is 447 g/mol. The predicted octanol–water partition coefficient (Wildman–Crippen LogP) is 3.72. The SMILES string of the molecule is O=C(CNC(=O)c1ccc(-c2ccccc2)cc1)OCc1nc2cc(Cl)ccc2c(=O)[nH]1. The van der Waals surface area contributed by atoms with Crippen molar-refractivity contribution in [1.82, 2.24) is 15.3 Å². The third-order valence-corrected chi connectivity index (χ3v) is 4.97. The van der Waals surface area contributed by atoms with Crippen molar-refractivity contribution in [1.29, 1.82) is 0 Å². The number of nitrogens with one attached hydrogen (secondary N) is 2. The number of hydrogen-bond donors (Lipinski definition) is 2. The van der Waals surface area contributed by atoms with Crippen LogP contribution in [0.25, 0.3) is 22.0 Å². The lowest BCUT2D eigenvalue weighted by Crippen LogP contribution is -2.30.